The molecular weight excluding hydrogens is 309 g/mol. The van der Waals surface area contributed by atoms with Gasteiger partial charge in [0, 0.05) is 0 Å². The van der Waals surface area contributed by atoms with Gasteiger partial charge in [0.15, 0.2) is 0 Å². The van der Waals surface area contributed by atoms with Crippen LogP contribution < -0.4 is 10.5 Å². The molecule has 0 atom stereocenters. The molecule has 100 valence electrons. The van der Waals surface area contributed by atoms with Crippen LogP contribution in [-0.4, -0.2) is 6.54 Å². The second-order valence-corrected chi connectivity index (χ2v) is 5.04. The fraction of sp³-hybridized carbons (Fsp3) is 0.200. The van der Waals surface area contributed by atoms with Crippen LogP contribution in [0.5, 0.6) is 5.75 Å². The van der Waals surface area contributed by atoms with Gasteiger partial charge < -0.3 is 10.5 Å². The van der Waals surface area contributed by atoms with Crippen LogP contribution in [0, 0.1) is 5.82 Å². The van der Waals surface area contributed by atoms with Crippen molar-refractivity contribution in [2.45, 2.75) is 13.0 Å². The highest BCUT2D eigenvalue weighted by Crippen LogP contribution is 2.30. The van der Waals surface area contributed by atoms with Gasteiger partial charge in [-0.3, -0.25) is 0 Å². The lowest BCUT2D eigenvalue weighted by atomic mass is 10.1. The van der Waals surface area contributed by atoms with Crippen molar-refractivity contribution in [3.63, 3.8) is 0 Å². The number of ether oxygens (including phenoxy) is 1. The molecule has 0 saturated carbocycles. The van der Waals surface area contributed by atoms with Crippen molar-refractivity contribution < 1.29 is 9.13 Å². The molecule has 2 aromatic carbocycles. The van der Waals surface area contributed by atoms with Crippen LogP contribution >= 0.6 is 15.9 Å². The maximum atomic E-state index is 12.8. The summed E-state index contributed by atoms with van der Waals surface area (Å²) < 4.78 is 19.5. The molecule has 0 fully saturated rings. The van der Waals surface area contributed by atoms with Gasteiger partial charge in [-0.25, -0.2) is 4.39 Å². The van der Waals surface area contributed by atoms with Crippen molar-refractivity contribution in [2.24, 2.45) is 5.73 Å². The van der Waals surface area contributed by atoms with Gasteiger partial charge in [-0.2, -0.15) is 0 Å². The van der Waals surface area contributed by atoms with Crippen molar-refractivity contribution in [3.05, 3.63) is 63.9 Å². The third kappa shape index (κ3) is 3.78. The zero-order valence-electron chi connectivity index (χ0n) is 10.4. The van der Waals surface area contributed by atoms with Gasteiger partial charge in [-0.1, -0.05) is 24.3 Å². The van der Waals surface area contributed by atoms with Gasteiger partial charge in [-0.15, -0.1) is 0 Å². The molecule has 0 amide bonds. The second-order valence-electron chi connectivity index (χ2n) is 4.18. The minimum Gasteiger partial charge on any atom is -0.487 e. The lowest BCUT2D eigenvalue weighted by molar-refractivity contribution is 0.301. The molecule has 0 bridgehead atoms. The summed E-state index contributed by atoms with van der Waals surface area (Å²) in [7, 11) is 0. The van der Waals surface area contributed by atoms with Gasteiger partial charge in [0.1, 0.15) is 18.2 Å². The fourth-order valence-electron chi connectivity index (χ4n) is 1.80. The van der Waals surface area contributed by atoms with E-state index in [1.54, 1.807) is 12.1 Å². The van der Waals surface area contributed by atoms with Gasteiger partial charge in [0.05, 0.1) is 4.47 Å². The maximum absolute atomic E-state index is 12.8. The summed E-state index contributed by atoms with van der Waals surface area (Å²) in [6.07, 6.45) is 0.762. The molecule has 2 rings (SSSR count). The predicted octanol–water partition coefficient (Wildman–Crippen LogP) is 3.67. The Bertz CT molecular complexity index is 542. The average Bonchev–Trinajstić information content (AvgIpc) is 2.40. The molecule has 2 aromatic rings. The van der Waals surface area contributed by atoms with E-state index < -0.39 is 0 Å². The molecule has 0 spiro atoms. The lowest BCUT2D eigenvalue weighted by Crippen LogP contribution is -2.06. The van der Waals surface area contributed by atoms with Crippen LogP contribution in [-0.2, 0) is 13.0 Å². The smallest absolute Gasteiger partial charge is 0.137 e. The molecule has 0 heterocycles. The quantitative estimate of drug-likeness (QED) is 0.911. The van der Waals surface area contributed by atoms with Crippen LogP contribution in [0.3, 0.4) is 0 Å². The Labute approximate surface area is 120 Å². The van der Waals surface area contributed by atoms with Crippen LogP contribution in [0.15, 0.2) is 46.9 Å². The van der Waals surface area contributed by atoms with Gasteiger partial charge in [0.25, 0.3) is 0 Å². The summed E-state index contributed by atoms with van der Waals surface area (Å²) in [6.45, 7) is 0.976. The minimum atomic E-state index is -0.242. The Hall–Kier alpha value is -1.39. The van der Waals surface area contributed by atoms with Crippen molar-refractivity contribution in [3.8, 4) is 5.75 Å². The molecule has 0 saturated heterocycles. The first-order valence-corrected chi connectivity index (χ1v) is 6.84. The van der Waals surface area contributed by atoms with Gasteiger partial charge in [-0.05, 0) is 58.2 Å². The molecule has 0 aliphatic carbocycles. The molecule has 19 heavy (non-hydrogen) atoms. The van der Waals surface area contributed by atoms with Crippen LogP contribution in [0.4, 0.5) is 4.39 Å². The summed E-state index contributed by atoms with van der Waals surface area (Å²) in [5.74, 6) is 0.561. The van der Waals surface area contributed by atoms with E-state index in [0.29, 0.717) is 13.2 Å². The number of hydrogen-bond donors (Lipinski definition) is 1. The van der Waals surface area contributed by atoms with E-state index >= 15 is 0 Å². The summed E-state index contributed by atoms with van der Waals surface area (Å²) in [6, 6.07) is 12.2. The van der Waals surface area contributed by atoms with Gasteiger partial charge >= 0.3 is 0 Å². The standard InChI is InChI=1S/C15H15BrFNO/c16-14-3-1-2-12(8-9-18)15(14)19-10-11-4-6-13(17)7-5-11/h1-7H,8-10,18H2. The van der Waals surface area contributed by atoms with E-state index in [4.69, 9.17) is 10.5 Å². The molecule has 2 N–H and O–H groups in total. The third-order valence-corrected chi connectivity index (χ3v) is 3.38. The summed E-state index contributed by atoms with van der Waals surface area (Å²) in [5, 5.41) is 0. The molecule has 0 radical (unpaired) electrons. The van der Waals surface area contributed by atoms with Crippen molar-refractivity contribution in [2.75, 3.05) is 6.54 Å². The normalized spacial score (nSPS) is 10.5. The molecule has 0 aromatic heterocycles. The van der Waals surface area contributed by atoms with Crippen molar-refractivity contribution in [1.29, 1.82) is 0 Å². The Balaban J connectivity index is 2.12. The van der Waals surface area contributed by atoms with Crippen LogP contribution in [0.2, 0.25) is 0 Å². The highest BCUT2D eigenvalue weighted by atomic mass is 79.9. The predicted molar refractivity (Wildman–Crippen MR) is 77.6 cm³/mol. The summed E-state index contributed by atoms with van der Waals surface area (Å²) >= 11 is 3.48. The molecule has 2 nitrogen and oxygen atoms in total. The van der Waals surface area contributed by atoms with E-state index in [0.717, 1.165) is 27.8 Å². The molecule has 0 unspecified atom stereocenters. The number of para-hydroxylation sites is 1. The first-order valence-electron chi connectivity index (χ1n) is 6.05. The molecule has 0 aliphatic rings. The fourth-order valence-corrected chi connectivity index (χ4v) is 2.33. The van der Waals surface area contributed by atoms with E-state index in [-0.39, 0.29) is 5.82 Å². The molecular formula is C15H15BrFNO. The Morgan fingerprint density at radius 3 is 2.53 bits per heavy atom. The minimum absolute atomic E-state index is 0.242. The monoisotopic (exact) mass is 323 g/mol. The Morgan fingerprint density at radius 1 is 1.11 bits per heavy atom. The maximum Gasteiger partial charge on any atom is 0.137 e. The topological polar surface area (TPSA) is 35.2 Å². The van der Waals surface area contributed by atoms with Crippen LogP contribution in [0.1, 0.15) is 11.1 Å². The zero-order valence-corrected chi connectivity index (χ0v) is 12.0. The number of hydrogen-bond acceptors (Lipinski definition) is 2. The first-order chi connectivity index (χ1) is 9.20. The highest BCUT2D eigenvalue weighted by Gasteiger charge is 2.07. The van der Waals surface area contributed by atoms with Crippen molar-refractivity contribution >= 4 is 15.9 Å². The SMILES string of the molecule is NCCc1cccc(Br)c1OCc1ccc(F)cc1. The van der Waals surface area contributed by atoms with Crippen LogP contribution in [0.25, 0.3) is 0 Å². The largest absolute Gasteiger partial charge is 0.487 e. The van der Waals surface area contributed by atoms with E-state index in [2.05, 4.69) is 15.9 Å². The number of halogens is 2. The third-order valence-electron chi connectivity index (χ3n) is 2.76. The second kappa shape index (κ2) is 6.68. The average molecular weight is 324 g/mol. The zero-order chi connectivity index (χ0) is 13.7. The van der Waals surface area contributed by atoms with E-state index in [9.17, 15) is 4.39 Å². The number of nitrogens with two attached hydrogens (primary N) is 1. The Kier molecular flexibility index (Phi) is 4.93. The summed E-state index contributed by atoms with van der Waals surface area (Å²) in [5.41, 5.74) is 7.59. The molecule has 0 aliphatic heterocycles. The van der Waals surface area contributed by atoms with Crippen molar-refractivity contribution in [1.82, 2.24) is 0 Å². The first kappa shape index (κ1) is 14.0. The highest BCUT2D eigenvalue weighted by molar-refractivity contribution is 9.10. The number of benzene rings is 2. The Morgan fingerprint density at radius 2 is 1.84 bits per heavy atom. The summed E-state index contributed by atoms with van der Waals surface area (Å²) in [4.78, 5) is 0. The van der Waals surface area contributed by atoms with Gasteiger partial charge in [0.2, 0.25) is 0 Å². The van der Waals surface area contributed by atoms with E-state index in [1.807, 2.05) is 18.2 Å². The van der Waals surface area contributed by atoms with E-state index in [1.165, 1.54) is 12.1 Å². The lowest BCUT2D eigenvalue weighted by Gasteiger charge is -2.13. The number of rotatable bonds is 5. The molecule has 4 heteroatoms.